The molecule has 1 aromatic carbocycles. The molecule has 1 aliphatic carbocycles. The summed E-state index contributed by atoms with van der Waals surface area (Å²) < 4.78 is 3.08. The number of anilines is 2. The Balaban J connectivity index is 1.52. The van der Waals surface area contributed by atoms with Gasteiger partial charge in [-0.25, -0.2) is 0 Å². The zero-order chi connectivity index (χ0) is 22.1. The summed E-state index contributed by atoms with van der Waals surface area (Å²) in [5.74, 6) is 1.04. The van der Waals surface area contributed by atoms with Crippen LogP contribution in [0.25, 0.3) is 11.0 Å². The number of aromatic hydroxyl groups is 1. The van der Waals surface area contributed by atoms with E-state index in [2.05, 4.69) is 59.9 Å². The van der Waals surface area contributed by atoms with Gasteiger partial charge >= 0.3 is 0 Å². The minimum absolute atomic E-state index is 0.0386. The molecule has 32 heavy (non-hydrogen) atoms. The highest BCUT2D eigenvalue weighted by Crippen LogP contribution is 2.32. The minimum atomic E-state index is -0.0386. The topological polar surface area (TPSA) is 105 Å². The molecular weight excluding hydrogens is 519 g/mol. The van der Waals surface area contributed by atoms with E-state index in [9.17, 15) is 9.90 Å². The second kappa shape index (κ2) is 8.73. The first kappa shape index (κ1) is 20.7. The number of hydrogen-bond donors (Lipinski definition) is 3. The first-order valence-corrected chi connectivity index (χ1v) is 11.4. The Labute approximate surface area is 198 Å². The van der Waals surface area contributed by atoms with Crippen LogP contribution >= 0.6 is 22.6 Å². The number of carbonyl (C=O) groups excluding carboxylic acids is 1. The first-order valence-electron chi connectivity index (χ1n) is 10.3. The number of rotatable bonds is 7. The third-order valence-corrected chi connectivity index (χ3v) is 6.11. The van der Waals surface area contributed by atoms with Crippen LogP contribution in [0.4, 0.5) is 11.8 Å². The molecule has 3 heterocycles. The zero-order valence-corrected chi connectivity index (χ0v) is 19.3. The highest BCUT2D eigenvalue weighted by Gasteiger charge is 2.30. The molecule has 0 radical (unpaired) electrons. The summed E-state index contributed by atoms with van der Waals surface area (Å²) in [4.78, 5) is 25.7. The van der Waals surface area contributed by atoms with Crippen LogP contribution in [0, 0.1) is 9.49 Å². The predicted octanol–water partition coefficient (Wildman–Crippen LogP) is 4.15. The van der Waals surface area contributed by atoms with Crippen LogP contribution in [0.1, 0.15) is 24.0 Å². The molecule has 162 valence electrons. The van der Waals surface area contributed by atoms with Gasteiger partial charge in [-0.3, -0.25) is 15.1 Å². The monoisotopic (exact) mass is 540 g/mol. The van der Waals surface area contributed by atoms with Crippen molar-refractivity contribution in [3.63, 3.8) is 0 Å². The van der Waals surface area contributed by atoms with Crippen LogP contribution in [-0.4, -0.2) is 30.5 Å². The van der Waals surface area contributed by atoms with E-state index in [4.69, 9.17) is 4.98 Å². The SMILES string of the molecule is O=C(Nc1nc(NCc2cncc(O)c2)c2c(I)cn(Cc3ccccc3)c2n1)C1CC1. The molecule has 3 aromatic heterocycles. The maximum atomic E-state index is 12.4. The smallest absolute Gasteiger partial charge is 0.233 e. The van der Waals surface area contributed by atoms with Crippen molar-refractivity contribution in [3.8, 4) is 5.75 Å². The number of hydrogen-bond acceptors (Lipinski definition) is 6. The summed E-state index contributed by atoms with van der Waals surface area (Å²) in [5.41, 5.74) is 2.72. The van der Waals surface area contributed by atoms with Gasteiger partial charge in [0.1, 0.15) is 17.2 Å². The lowest BCUT2D eigenvalue weighted by atomic mass is 10.2. The predicted molar refractivity (Wildman–Crippen MR) is 130 cm³/mol. The van der Waals surface area contributed by atoms with Gasteiger partial charge in [-0.05, 0) is 52.6 Å². The Morgan fingerprint density at radius 3 is 2.72 bits per heavy atom. The maximum absolute atomic E-state index is 12.4. The van der Waals surface area contributed by atoms with Crippen molar-refractivity contribution in [1.29, 1.82) is 0 Å². The Hall–Kier alpha value is -3.21. The molecule has 0 unspecified atom stereocenters. The molecular formula is C23H21IN6O2. The molecule has 0 aliphatic heterocycles. The number of halogens is 1. The summed E-state index contributed by atoms with van der Waals surface area (Å²) in [6.07, 6.45) is 6.94. The van der Waals surface area contributed by atoms with Crippen molar-refractivity contribution in [2.75, 3.05) is 10.6 Å². The molecule has 3 N–H and O–H groups in total. The van der Waals surface area contributed by atoms with Crippen molar-refractivity contribution < 1.29 is 9.90 Å². The maximum Gasteiger partial charge on any atom is 0.233 e. The van der Waals surface area contributed by atoms with Crippen LogP contribution in [0.5, 0.6) is 5.75 Å². The lowest BCUT2D eigenvalue weighted by Crippen LogP contribution is -2.17. The lowest BCUT2D eigenvalue weighted by molar-refractivity contribution is -0.117. The van der Waals surface area contributed by atoms with Gasteiger partial charge in [0.05, 0.1) is 11.6 Å². The normalized spacial score (nSPS) is 13.3. The van der Waals surface area contributed by atoms with Gasteiger partial charge in [0.15, 0.2) is 0 Å². The molecule has 4 aromatic rings. The van der Waals surface area contributed by atoms with Crippen LogP contribution in [-0.2, 0) is 17.9 Å². The lowest BCUT2D eigenvalue weighted by Gasteiger charge is -2.12. The second-order valence-electron chi connectivity index (χ2n) is 7.85. The molecule has 8 nitrogen and oxygen atoms in total. The van der Waals surface area contributed by atoms with Gasteiger partial charge in [0.25, 0.3) is 0 Å². The fourth-order valence-electron chi connectivity index (χ4n) is 3.54. The van der Waals surface area contributed by atoms with Gasteiger partial charge in [-0.1, -0.05) is 30.3 Å². The van der Waals surface area contributed by atoms with Crippen molar-refractivity contribution in [2.45, 2.75) is 25.9 Å². The molecule has 1 fully saturated rings. The Bertz CT molecular complexity index is 1290. The number of carbonyl (C=O) groups is 1. The van der Waals surface area contributed by atoms with E-state index >= 15 is 0 Å². The summed E-state index contributed by atoms with van der Waals surface area (Å²) in [6, 6.07) is 11.8. The molecule has 5 rings (SSSR count). The first-order chi connectivity index (χ1) is 15.6. The summed E-state index contributed by atoms with van der Waals surface area (Å²) in [5, 5.41) is 16.8. The third kappa shape index (κ3) is 4.52. The van der Waals surface area contributed by atoms with Crippen molar-refractivity contribution in [3.05, 3.63) is 69.7 Å². The number of benzene rings is 1. The number of nitrogens with zero attached hydrogens (tertiary/aromatic N) is 4. The molecule has 1 amide bonds. The number of fused-ring (bicyclic) bond motifs is 1. The van der Waals surface area contributed by atoms with E-state index in [0.717, 1.165) is 38.6 Å². The highest BCUT2D eigenvalue weighted by molar-refractivity contribution is 14.1. The molecule has 0 spiro atoms. The van der Waals surface area contributed by atoms with Gasteiger partial charge < -0.3 is 15.0 Å². The van der Waals surface area contributed by atoms with Gasteiger partial charge in [0, 0.05) is 35.0 Å². The molecule has 0 bridgehead atoms. The van der Waals surface area contributed by atoms with E-state index in [-0.39, 0.29) is 23.5 Å². The number of amides is 1. The zero-order valence-electron chi connectivity index (χ0n) is 17.1. The average molecular weight is 540 g/mol. The number of nitrogens with one attached hydrogen (secondary N) is 2. The molecule has 0 atom stereocenters. The molecule has 1 saturated carbocycles. The third-order valence-electron chi connectivity index (χ3n) is 5.29. The molecule has 1 aliphatic rings. The van der Waals surface area contributed by atoms with E-state index < -0.39 is 0 Å². The fraction of sp³-hybridized carbons (Fsp3) is 0.217. The van der Waals surface area contributed by atoms with Gasteiger partial charge in [-0.15, -0.1) is 0 Å². The van der Waals surface area contributed by atoms with Crippen molar-refractivity contribution in [2.24, 2.45) is 5.92 Å². The van der Waals surface area contributed by atoms with Crippen LogP contribution in [0.3, 0.4) is 0 Å². The Kier molecular flexibility index (Phi) is 5.64. The Morgan fingerprint density at radius 2 is 1.97 bits per heavy atom. The summed E-state index contributed by atoms with van der Waals surface area (Å²) in [6.45, 7) is 1.08. The largest absolute Gasteiger partial charge is 0.506 e. The second-order valence-corrected chi connectivity index (χ2v) is 9.02. The molecule has 0 saturated heterocycles. The molecule has 9 heteroatoms. The van der Waals surface area contributed by atoms with Crippen LogP contribution in [0.2, 0.25) is 0 Å². The van der Waals surface area contributed by atoms with E-state index in [1.807, 2.05) is 24.4 Å². The fourth-order valence-corrected chi connectivity index (χ4v) is 4.37. The van der Waals surface area contributed by atoms with Gasteiger partial charge in [0.2, 0.25) is 11.9 Å². The number of aromatic nitrogens is 4. The standard InChI is InChI=1S/C23H21IN6O2/c24-18-13-30(12-14-4-2-1-3-5-14)21-19(18)20(26-10-15-8-17(31)11-25-9-15)27-23(28-21)29-22(32)16-6-7-16/h1-5,8-9,11,13,16,31H,6-7,10,12H2,(H2,26,27,28,29,32). The average Bonchev–Trinajstić information content (AvgIpc) is 3.59. The quantitative estimate of drug-likeness (QED) is 0.305. The number of pyridine rings is 1. The van der Waals surface area contributed by atoms with Gasteiger partial charge in [-0.2, -0.15) is 9.97 Å². The van der Waals surface area contributed by atoms with Crippen molar-refractivity contribution >= 4 is 51.3 Å². The minimum Gasteiger partial charge on any atom is -0.506 e. The van der Waals surface area contributed by atoms with Crippen molar-refractivity contribution in [1.82, 2.24) is 19.5 Å². The van der Waals surface area contributed by atoms with E-state index in [1.54, 1.807) is 12.3 Å². The van der Waals surface area contributed by atoms with Crippen LogP contribution < -0.4 is 10.6 Å². The van der Waals surface area contributed by atoms with E-state index in [1.165, 1.54) is 6.20 Å². The summed E-state index contributed by atoms with van der Waals surface area (Å²) in [7, 11) is 0. The summed E-state index contributed by atoms with van der Waals surface area (Å²) >= 11 is 2.28. The van der Waals surface area contributed by atoms with E-state index in [0.29, 0.717) is 18.9 Å². The highest BCUT2D eigenvalue weighted by atomic mass is 127. The Morgan fingerprint density at radius 1 is 1.16 bits per heavy atom. The van der Waals surface area contributed by atoms with Crippen LogP contribution in [0.15, 0.2) is 55.0 Å².